The highest BCUT2D eigenvalue weighted by Crippen LogP contribution is 2.27. The number of aromatic amines is 1. The first-order chi connectivity index (χ1) is 12.7. The van der Waals surface area contributed by atoms with Crippen molar-refractivity contribution in [2.24, 2.45) is 5.92 Å². The van der Waals surface area contributed by atoms with E-state index in [0.29, 0.717) is 30.8 Å². The number of nitrogens with zero attached hydrogens (tertiary/aromatic N) is 2. The van der Waals surface area contributed by atoms with Crippen LogP contribution in [0.3, 0.4) is 0 Å². The Kier molecular flexibility index (Phi) is 5.39. The number of sulfonamides is 1. The first-order valence-electron chi connectivity index (χ1n) is 9.10. The summed E-state index contributed by atoms with van der Waals surface area (Å²) in [5.41, 5.74) is 3.87. The molecule has 1 aliphatic rings. The Labute approximate surface area is 160 Å². The zero-order chi connectivity index (χ0) is 19.8. The van der Waals surface area contributed by atoms with Gasteiger partial charge < -0.3 is 5.32 Å². The summed E-state index contributed by atoms with van der Waals surface area (Å²) in [4.78, 5) is 13.0. The number of carbonyl (C=O) groups is 1. The van der Waals surface area contributed by atoms with Gasteiger partial charge in [0.1, 0.15) is 4.90 Å². The molecule has 0 aliphatic carbocycles. The van der Waals surface area contributed by atoms with Gasteiger partial charge in [0.15, 0.2) is 0 Å². The molecule has 1 atom stereocenters. The topological polar surface area (TPSA) is 95.2 Å². The number of amides is 1. The summed E-state index contributed by atoms with van der Waals surface area (Å²) in [6.07, 6.45) is 1.33. The smallest absolute Gasteiger partial charge is 0.246 e. The van der Waals surface area contributed by atoms with Gasteiger partial charge in [-0.15, -0.1) is 0 Å². The van der Waals surface area contributed by atoms with Gasteiger partial charge >= 0.3 is 0 Å². The molecule has 0 radical (unpaired) electrons. The number of hydrogen-bond acceptors (Lipinski definition) is 4. The van der Waals surface area contributed by atoms with Crippen LogP contribution in [0.2, 0.25) is 0 Å². The minimum atomic E-state index is -3.67. The van der Waals surface area contributed by atoms with Crippen LogP contribution in [0.25, 0.3) is 0 Å². The first-order valence-corrected chi connectivity index (χ1v) is 10.5. The molecule has 146 valence electrons. The van der Waals surface area contributed by atoms with E-state index in [1.165, 1.54) is 4.31 Å². The average Bonchev–Trinajstić information content (AvgIpc) is 2.96. The van der Waals surface area contributed by atoms with Gasteiger partial charge in [-0.2, -0.15) is 9.40 Å². The number of piperidine rings is 1. The Bertz CT molecular complexity index is 946. The zero-order valence-electron chi connectivity index (χ0n) is 16.2. The van der Waals surface area contributed by atoms with Crippen molar-refractivity contribution >= 4 is 21.6 Å². The molecular formula is C19H26N4O3S. The number of anilines is 1. The molecule has 7 nitrogen and oxygen atoms in total. The normalized spacial score (nSPS) is 18.4. The Morgan fingerprint density at radius 2 is 2.00 bits per heavy atom. The van der Waals surface area contributed by atoms with Crippen molar-refractivity contribution in [3.63, 3.8) is 0 Å². The fourth-order valence-electron chi connectivity index (χ4n) is 3.61. The fourth-order valence-corrected chi connectivity index (χ4v) is 5.47. The highest BCUT2D eigenvalue weighted by Gasteiger charge is 2.35. The molecule has 1 aromatic carbocycles. The van der Waals surface area contributed by atoms with Crippen LogP contribution < -0.4 is 5.32 Å². The summed E-state index contributed by atoms with van der Waals surface area (Å²) < 4.78 is 27.5. The highest BCUT2D eigenvalue weighted by molar-refractivity contribution is 7.89. The van der Waals surface area contributed by atoms with E-state index in [4.69, 9.17) is 0 Å². The standard InChI is InChI=1S/C19H26N4O3S/c1-12-7-8-17(13(2)10-12)20-19(24)16-6-5-9-23(11-16)27(25,26)18-14(3)21-22-15(18)4/h7-8,10,16H,5-6,9,11H2,1-4H3,(H,20,24)(H,21,22)/t16-/m0/s1. The van der Waals surface area contributed by atoms with Gasteiger partial charge in [0.05, 0.1) is 17.3 Å². The number of rotatable bonds is 4. The number of aryl methyl sites for hydroxylation is 4. The lowest BCUT2D eigenvalue weighted by molar-refractivity contribution is -0.120. The molecule has 2 N–H and O–H groups in total. The Balaban J connectivity index is 1.76. The van der Waals surface area contributed by atoms with Crippen LogP contribution in [-0.4, -0.2) is 41.9 Å². The number of nitrogens with one attached hydrogen (secondary N) is 2. The lowest BCUT2D eigenvalue weighted by atomic mass is 9.98. The maximum absolute atomic E-state index is 13.0. The van der Waals surface area contributed by atoms with E-state index >= 15 is 0 Å². The van der Waals surface area contributed by atoms with E-state index in [1.54, 1.807) is 13.8 Å². The van der Waals surface area contributed by atoms with Crippen LogP contribution in [0.15, 0.2) is 23.1 Å². The average molecular weight is 391 g/mol. The molecular weight excluding hydrogens is 364 g/mol. The first kappa shape index (κ1) is 19.6. The molecule has 0 bridgehead atoms. The molecule has 1 aliphatic heterocycles. The quantitative estimate of drug-likeness (QED) is 0.839. The zero-order valence-corrected chi connectivity index (χ0v) is 17.0. The Morgan fingerprint density at radius 1 is 1.26 bits per heavy atom. The molecule has 0 spiro atoms. The lowest BCUT2D eigenvalue weighted by Crippen LogP contribution is -2.44. The summed E-state index contributed by atoms with van der Waals surface area (Å²) in [6.45, 7) is 7.92. The van der Waals surface area contributed by atoms with Crippen molar-refractivity contribution in [1.29, 1.82) is 0 Å². The van der Waals surface area contributed by atoms with Gasteiger partial charge in [-0.3, -0.25) is 9.89 Å². The third-order valence-electron chi connectivity index (χ3n) is 5.05. The predicted octanol–water partition coefficient (Wildman–Crippen LogP) is 2.68. The van der Waals surface area contributed by atoms with Crippen molar-refractivity contribution in [2.75, 3.05) is 18.4 Å². The van der Waals surface area contributed by atoms with E-state index < -0.39 is 10.0 Å². The fraction of sp³-hybridized carbons (Fsp3) is 0.474. The predicted molar refractivity (Wildman–Crippen MR) is 104 cm³/mol. The largest absolute Gasteiger partial charge is 0.326 e. The monoisotopic (exact) mass is 390 g/mol. The number of benzene rings is 1. The molecule has 3 rings (SSSR count). The van der Waals surface area contributed by atoms with Crippen molar-refractivity contribution in [2.45, 2.75) is 45.4 Å². The molecule has 2 heterocycles. The molecule has 0 unspecified atom stereocenters. The second-order valence-corrected chi connectivity index (χ2v) is 9.15. The second kappa shape index (κ2) is 7.44. The molecule has 2 aromatic rings. The molecule has 1 saturated heterocycles. The third kappa shape index (κ3) is 3.91. The Hall–Kier alpha value is -2.19. The van der Waals surface area contributed by atoms with Gasteiger partial charge in [-0.05, 0) is 52.2 Å². The number of H-pyrrole nitrogens is 1. The SMILES string of the molecule is Cc1ccc(NC(=O)[C@H]2CCCN(S(=O)(=O)c3c(C)n[nH]c3C)C2)c(C)c1. The maximum atomic E-state index is 13.0. The molecule has 1 aromatic heterocycles. The summed E-state index contributed by atoms with van der Waals surface area (Å²) in [6, 6.07) is 5.85. The Morgan fingerprint density at radius 3 is 2.63 bits per heavy atom. The molecule has 1 fully saturated rings. The number of aromatic nitrogens is 2. The summed E-state index contributed by atoms with van der Waals surface area (Å²) in [5, 5.41) is 9.68. The van der Waals surface area contributed by atoms with Gasteiger partial charge in [0, 0.05) is 18.8 Å². The maximum Gasteiger partial charge on any atom is 0.246 e. The van der Waals surface area contributed by atoms with E-state index in [9.17, 15) is 13.2 Å². The van der Waals surface area contributed by atoms with E-state index in [0.717, 1.165) is 16.8 Å². The van der Waals surface area contributed by atoms with Crippen LogP contribution in [0, 0.1) is 33.6 Å². The van der Waals surface area contributed by atoms with E-state index in [2.05, 4.69) is 15.5 Å². The van der Waals surface area contributed by atoms with Crippen LogP contribution in [0.4, 0.5) is 5.69 Å². The summed E-state index contributed by atoms with van der Waals surface area (Å²) in [5.74, 6) is -0.510. The van der Waals surface area contributed by atoms with Crippen LogP contribution in [0.1, 0.15) is 35.4 Å². The number of carbonyl (C=O) groups excluding carboxylic acids is 1. The molecule has 27 heavy (non-hydrogen) atoms. The minimum Gasteiger partial charge on any atom is -0.326 e. The minimum absolute atomic E-state index is 0.137. The summed E-state index contributed by atoms with van der Waals surface area (Å²) >= 11 is 0. The second-order valence-electron chi connectivity index (χ2n) is 7.27. The van der Waals surface area contributed by atoms with Gasteiger partial charge in [0.25, 0.3) is 0 Å². The van der Waals surface area contributed by atoms with Crippen molar-refractivity contribution in [1.82, 2.24) is 14.5 Å². The third-order valence-corrected chi connectivity index (χ3v) is 7.18. The number of hydrogen-bond donors (Lipinski definition) is 2. The van der Waals surface area contributed by atoms with E-state index in [-0.39, 0.29) is 23.3 Å². The molecule has 0 saturated carbocycles. The van der Waals surface area contributed by atoms with Crippen molar-refractivity contribution < 1.29 is 13.2 Å². The summed E-state index contributed by atoms with van der Waals surface area (Å²) in [7, 11) is -3.67. The van der Waals surface area contributed by atoms with Crippen LogP contribution in [-0.2, 0) is 14.8 Å². The lowest BCUT2D eigenvalue weighted by Gasteiger charge is -2.31. The van der Waals surface area contributed by atoms with Gasteiger partial charge in [-0.1, -0.05) is 17.7 Å². The van der Waals surface area contributed by atoms with Crippen LogP contribution >= 0.6 is 0 Å². The van der Waals surface area contributed by atoms with Crippen LogP contribution in [0.5, 0.6) is 0 Å². The molecule has 8 heteroatoms. The van der Waals surface area contributed by atoms with Crippen molar-refractivity contribution in [3.05, 3.63) is 40.7 Å². The van der Waals surface area contributed by atoms with Gasteiger partial charge in [0.2, 0.25) is 15.9 Å². The molecule has 1 amide bonds. The van der Waals surface area contributed by atoms with Crippen molar-refractivity contribution in [3.8, 4) is 0 Å². The van der Waals surface area contributed by atoms with E-state index in [1.807, 2.05) is 32.0 Å². The highest BCUT2D eigenvalue weighted by atomic mass is 32.2. The van der Waals surface area contributed by atoms with Gasteiger partial charge in [-0.25, -0.2) is 8.42 Å².